The lowest BCUT2D eigenvalue weighted by molar-refractivity contribution is 0.104. The average Bonchev–Trinajstić information content (AvgIpc) is 3.22. The molecule has 0 saturated carbocycles. The number of benzene rings is 1. The lowest BCUT2D eigenvalue weighted by Gasteiger charge is -2.12. The number of nitrogens with one attached hydrogen (secondary N) is 1. The number of ether oxygens (including phenoxy) is 2. The first-order chi connectivity index (χ1) is 14.3. The topological polar surface area (TPSA) is 91.6 Å². The number of fused-ring (bicyclic) bond motifs is 2. The zero-order valence-electron chi connectivity index (χ0n) is 17.6. The minimum atomic E-state index is -0.598. The van der Waals surface area contributed by atoms with Crippen molar-refractivity contribution in [2.45, 2.75) is 46.3 Å². The molecule has 0 saturated heterocycles. The molecule has 2 aliphatic heterocycles. The highest BCUT2D eigenvalue weighted by atomic mass is 16.5. The standard InChI is InChI=1S/C22H25N3O5/c1-5-7-25-20-18(21(27)24(4)22(25)28)19(26)15(23-20)9-14-11-17-13(8-12(3)30-17)10-16(14)29-6-2/h9-12,23H,5-8H2,1-4H3/b15-9-. The number of Topliss-reactive ketones (excluding diaryl/α,β-unsaturated/α-hetero) is 1. The van der Waals surface area contributed by atoms with Crippen LogP contribution in [0.3, 0.4) is 0 Å². The fraction of sp³-hybridized carbons (Fsp3) is 0.409. The Balaban J connectivity index is 1.83. The minimum absolute atomic E-state index is 0.0132. The van der Waals surface area contributed by atoms with E-state index in [9.17, 15) is 14.4 Å². The second kappa shape index (κ2) is 7.51. The van der Waals surface area contributed by atoms with Gasteiger partial charge < -0.3 is 14.8 Å². The van der Waals surface area contributed by atoms with Gasteiger partial charge in [-0.05, 0) is 38.5 Å². The van der Waals surface area contributed by atoms with Crippen molar-refractivity contribution >= 4 is 17.7 Å². The van der Waals surface area contributed by atoms with Crippen LogP contribution >= 0.6 is 0 Å². The van der Waals surface area contributed by atoms with Crippen molar-refractivity contribution in [1.82, 2.24) is 9.13 Å². The molecular formula is C22H25N3O5. The molecule has 4 rings (SSSR count). The second-order valence-electron chi connectivity index (χ2n) is 7.60. The predicted molar refractivity (Wildman–Crippen MR) is 114 cm³/mol. The smallest absolute Gasteiger partial charge is 0.332 e. The summed E-state index contributed by atoms with van der Waals surface area (Å²) in [6.45, 7) is 6.70. The fourth-order valence-electron chi connectivity index (χ4n) is 3.96. The van der Waals surface area contributed by atoms with Crippen molar-refractivity contribution in [3.05, 3.63) is 55.4 Å². The molecule has 1 aromatic heterocycles. The van der Waals surface area contributed by atoms with Gasteiger partial charge in [0.2, 0.25) is 5.78 Å². The molecule has 1 N–H and O–H groups in total. The lowest BCUT2D eigenvalue weighted by Crippen LogP contribution is -2.40. The molecule has 2 aliphatic rings. The fourth-order valence-corrected chi connectivity index (χ4v) is 3.96. The van der Waals surface area contributed by atoms with E-state index in [1.807, 2.05) is 32.9 Å². The van der Waals surface area contributed by atoms with E-state index < -0.39 is 17.0 Å². The minimum Gasteiger partial charge on any atom is -0.493 e. The quantitative estimate of drug-likeness (QED) is 0.760. The summed E-state index contributed by atoms with van der Waals surface area (Å²) in [5.74, 6) is 1.23. The highest BCUT2D eigenvalue weighted by Gasteiger charge is 2.33. The van der Waals surface area contributed by atoms with E-state index >= 15 is 0 Å². The SMILES string of the molecule is CCCn1c2c(c(=O)n(C)c1=O)C(=O)/C(=C/c1cc3c(cc1OCC)CC(C)O3)N2. The van der Waals surface area contributed by atoms with Crippen molar-refractivity contribution in [3.8, 4) is 11.5 Å². The van der Waals surface area contributed by atoms with Crippen molar-refractivity contribution in [2.75, 3.05) is 11.9 Å². The van der Waals surface area contributed by atoms with Crippen LogP contribution in [0, 0.1) is 0 Å². The number of nitrogens with zero attached hydrogens (tertiary/aromatic N) is 2. The van der Waals surface area contributed by atoms with E-state index in [4.69, 9.17) is 9.47 Å². The van der Waals surface area contributed by atoms with E-state index in [0.29, 0.717) is 30.9 Å². The number of carbonyl (C=O) groups is 1. The molecule has 0 aliphatic carbocycles. The number of hydrogen-bond acceptors (Lipinski definition) is 6. The normalized spacial score (nSPS) is 18.2. The maximum Gasteiger partial charge on any atom is 0.332 e. The molecule has 1 aromatic carbocycles. The van der Waals surface area contributed by atoms with Crippen molar-refractivity contribution in [1.29, 1.82) is 0 Å². The number of allylic oxidation sites excluding steroid dienone is 1. The molecule has 1 atom stereocenters. The molecule has 3 heterocycles. The average molecular weight is 411 g/mol. The van der Waals surface area contributed by atoms with E-state index in [1.165, 1.54) is 11.6 Å². The molecule has 8 nitrogen and oxygen atoms in total. The third-order valence-electron chi connectivity index (χ3n) is 5.34. The van der Waals surface area contributed by atoms with Gasteiger partial charge in [0.1, 0.15) is 29.0 Å². The molecule has 0 bridgehead atoms. The maximum atomic E-state index is 13.1. The van der Waals surface area contributed by atoms with Crippen LogP contribution < -0.4 is 26.0 Å². The third kappa shape index (κ3) is 3.12. The van der Waals surface area contributed by atoms with Crippen molar-refractivity contribution in [2.24, 2.45) is 7.05 Å². The number of rotatable bonds is 5. The Morgan fingerprint density at radius 1 is 1.27 bits per heavy atom. The van der Waals surface area contributed by atoms with Gasteiger partial charge in [0.25, 0.3) is 5.56 Å². The predicted octanol–water partition coefficient (Wildman–Crippen LogP) is 2.33. The highest BCUT2D eigenvalue weighted by Crippen LogP contribution is 2.37. The Hall–Kier alpha value is -3.29. The third-order valence-corrected chi connectivity index (χ3v) is 5.34. The van der Waals surface area contributed by atoms with Crippen LogP contribution in [0.2, 0.25) is 0 Å². The summed E-state index contributed by atoms with van der Waals surface area (Å²) < 4.78 is 14.0. The highest BCUT2D eigenvalue weighted by molar-refractivity contribution is 6.19. The summed E-state index contributed by atoms with van der Waals surface area (Å²) in [7, 11) is 1.39. The van der Waals surface area contributed by atoms with Crippen molar-refractivity contribution < 1.29 is 14.3 Å². The molecule has 8 heteroatoms. The van der Waals surface area contributed by atoms with E-state index in [1.54, 1.807) is 6.08 Å². The van der Waals surface area contributed by atoms with E-state index in [2.05, 4.69) is 5.32 Å². The lowest BCUT2D eigenvalue weighted by atomic mass is 10.0. The van der Waals surface area contributed by atoms with Gasteiger partial charge in [-0.3, -0.25) is 18.7 Å². The van der Waals surface area contributed by atoms with Gasteiger partial charge >= 0.3 is 5.69 Å². The van der Waals surface area contributed by atoms with Gasteiger partial charge in [-0.25, -0.2) is 4.79 Å². The van der Waals surface area contributed by atoms with Crippen LogP contribution in [0.15, 0.2) is 27.4 Å². The zero-order chi connectivity index (χ0) is 21.6. The zero-order valence-corrected chi connectivity index (χ0v) is 17.6. The molecule has 158 valence electrons. The molecular weight excluding hydrogens is 386 g/mol. The molecule has 0 amide bonds. The number of ketones is 1. The van der Waals surface area contributed by atoms with Gasteiger partial charge in [-0.15, -0.1) is 0 Å². The summed E-state index contributed by atoms with van der Waals surface area (Å²) in [5, 5.41) is 3.01. The summed E-state index contributed by atoms with van der Waals surface area (Å²) in [6.07, 6.45) is 3.22. The van der Waals surface area contributed by atoms with Gasteiger partial charge in [0.05, 0.1) is 12.3 Å². The van der Waals surface area contributed by atoms with Crippen LogP contribution in [-0.4, -0.2) is 27.6 Å². The van der Waals surface area contributed by atoms with Gasteiger partial charge in [0, 0.05) is 31.1 Å². The van der Waals surface area contributed by atoms with Crippen LogP contribution in [0.4, 0.5) is 5.82 Å². The van der Waals surface area contributed by atoms with Crippen LogP contribution in [0.25, 0.3) is 6.08 Å². The summed E-state index contributed by atoms with van der Waals surface area (Å²) in [5.41, 5.74) is 0.907. The number of anilines is 1. The first-order valence-electron chi connectivity index (χ1n) is 10.2. The Labute approximate surface area is 173 Å². The summed E-state index contributed by atoms with van der Waals surface area (Å²) in [6, 6.07) is 3.79. The van der Waals surface area contributed by atoms with Gasteiger partial charge in [-0.1, -0.05) is 6.92 Å². The maximum absolute atomic E-state index is 13.1. The van der Waals surface area contributed by atoms with Crippen molar-refractivity contribution in [3.63, 3.8) is 0 Å². The molecule has 0 fully saturated rings. The van der Waals surface area contributed by atoms with Crippen LogP contribution in [-0.2, 0) is 20.0 Å². The largest absolute Gasteiger partial charge is 0.493 e. The number of carbonyl (C=O) groups excluding carboxylic acids is 1. The number of aromatic nitrogens is 2. The monoisotopic (exact) mass is 411 g/mol. The Bertz CT molecular complexity index is 1190. The summed E-state index contributed by atoms with van der Waals surface area (Å²) in [4.78, 5) is 38.2. The molecule has 30 heavy (non-hydrogen) atoms. The Morgan fingerprint density at radius 3 is 2.73 bits per heavy atom. The second-order valence-corrected chi connectivity index (χ2v) is 7.60. The Morgan fingerprint density at radius 2 is 2.03 bits per heavy atom. The molecule has 1 unspecified atom stereocenters. The van der Waals surface area contributed by atoms with Gasteiger partial charge in [0.15, 0.2) is 0 Å². The van der Waals surface area contributed by atoms with E-state index in [0.717, 1.165) is 22.3 Å². The molecule has 0 spiro atoms. The van der Waals surface area contributed by atoms with E-state index in [-0.39, 0.29) is 23.2 Å². The molecule has 2 aromatic rings. The first-order valence-corrected chi connectivity index (χ1v) is 10.2. The first kappa shape index (κ1) is 20.0. The molecule has 0 radical (unpaired) electrons. The summed E-state index contributed by atoms with van der Waals surface area (Å²) >= 11 is 0. The number of hydrogen-bond donors (Lipinski definition) is 1. The van der Waals surface area contributed by atoms with Crippen LogP contribution in [0.5, 0.6) is 11.5 Å². The van der Waals surface area contributed by atoms with Crippen LogP contribution in [0.1, 0.15) is 48.7 Å². The Kier molecular flexibility index (Phi) is 5.01. The van der Waals surface area contributed by atoms with Gasteiger partial charge in [-0.2, -0.15) is 0 Å².